The average Bonchev–Trinajstić information content (AvgIpc) is 2.73. The number of carbonyl (C=O) groups excluding carboxylic acids is 1. The summed E-state index contributed by atoms with van der Waals surface area (Å²) in [7, 11) is 1.43. The lowest BCUT2D eigenvalue weighted by Gasteiger charge is -2.30. The Morgan fingerprint density at radius 1 is 1.63 bits per heavy atom. The standard InChI is InChI=1S/C13H22N2O2S2/c1-9(2)15-13(4,11(16)17-5)6-7-18-12-14-10(3)8-19-12/h8-9,15H,6-7H2,1-5H3. The number of nitrogens with one attached hydrogen (secondary N) is 1. The third-order valence-electron chi connectivity index (χ3n) is 2.67. The second kappa shape index (κ2) is 7.26. The summed E-state index contributed by atoms with van der Waals surface area (Å²) >= 11 is 3.33. The SMILES string of the molecule is COC(=O)C(C)(CCSc1nc(C)cs1)NC(C)C. The Morgan fingerprint density at radius 3 is 2.79 bits per heavy atom. The number of thioether (sulfide) groups is 1. The molecule has 0 aromatic carbocycles. The molecule has 0 aliphatic heterocycles. The van der Waals surface area contributed by atoms with Crippen molar-refractivity contribution in [2.24, 2.45) is 0 Å². The summed E-state index contributed by atoms with van der Waals surface area (Å²) in [4.78, 5) is 16.3. The Morgan fingerprint density at radius 2 is 2.32 bits per heavy atom. The molecular weight excluding hydrogens is 280 g/mol. The first kappa shape index (κ1) is 16.5. The molecule has 108 valence electrons. The quantitative estimate of drug-likeness (QED) is 0.620. The highest BCUT2D eigenvalue weighted by Gasteiger charge is 2.34. The van der Waals surface area contributed by atoms with Gasteiger partial charge in [0.1, 0.15) is 9.88 Å². The molecule has 1 heterocycles. The van der Waals surface area contributed by atoms with Crippen molar-refractivity contribution in [3.63, 3.8) is 0 Å². The van der Waals surface area contributed by atoms with Crippen molar-refractivity contribution >= 4 is 29.1 Å². The lowest BCUT2D eigenvalue weighted by molar-refractivity contribution is -0.148. The number of methoxy groups -OCH3 is 1. The first-order valence-electron chi connectivity index (χ1n) is 6.28. The number of aromatic nitrogens is 1. The second-order valence-corrected chi connectivity index (χ2v) is 7.18. The minimum Gasteiger partial charge on any atom is -0.468 e. The van der Waals surface area contributed by atoms with Crippen molar-refractivity contribution < 1.29 is 9.53 Å². The zero-order chi connectivity index (χ0) is 14.5. The fourth-order valence-electron chi connectivity index (χ4n) is 1.84. The highest BCUT2D eigenvalue weighted by Crippen LogP contribution is 2.25. The molecule has 19 heavy (non-hydrogen) atoms. The van der Waals surface area contributed by atoms with Gasteiger partial charge in [0, 0.05) is 22.9 Å². The van der Waals surface area contributed by atoms with Gasteiger partial charge in [-0.1, -0.05) is 11.8 Å². The van der Waals surface area contributed by atoms with Gasteiger partial charge in [-0.25, -0.2) is 4.98 Å². The van der Waals surface area contributed by atoms with Crippen molar-refractivity contribution in [1.29, 1.82) is 0 Å². The van der Waals surface area contributed by atoms with Gasteiger partial charge < -0.3 is 4.74 Å². The minimum atomic E-state index is -0.637. The number of nitrogens with zero attached hydrogens (tertiary/aromatic N) is 1. The lowest BCUT2D eigenvalue weighted by atomic mass is 9.98. The Labute approximate surface area is 123 Å². The molecule has 4 nitrogen and oxygen atoms in total. The molecule has 0 fully saturated rings. The molecule has 0 aliphatic rings. The summed E-state index contributed by atoms with van der Waals surface area (Å²) in [6, 6.07) is 0.233. The number of thiazole rings is 1. The zero-order valence-electron chi connectivity index (χ0n) is 12.1. The summed E-state index contributed by atoms with van der Waals surface area (Å²) in [6.07, 6.45) is 0.709. The summed E-state index contributed by atoms with van der Waals surface area (Å²) in [5.41, 5.74) is 0.408. The van der Waals surface area contributed by atoms with E-state index in [0.717, 1.165) is 15.8 Å². The van der Waals surface area contributed by atoms with E-state index >= 15 is 0 Å². The van der Waals surface area contributed by atoms with Gasteiger partial charge >= 0.3 is 5.97 Å². The van der Waals surface area contributed by atoms with E-state index in [-0.39, 0.29) is 12.0 Å². The maximum absolute atomic E-state index is 11.9. The van der Waals surface area contributed by atoms with Gasteiger partial charge in [-0.2, -0.15) is 0 Å². The van der Waals surface area contributed by atoms with Crippen molar-refractivity contribution in [1.82, 2.24) is 10.3 Å². The Hall–Kier alpha value is -0.590. The van der Waals surface area contributed by atoms with E-state index in [1.54, 1.807) is 23.1 Å². The summed E-state index contributed by atoms with van der Waals surface area (Å²) < 4.78 is 5.95. The van der Waals surface area contributed by atoms with Crippen LogP contribution in [-0.2, 0) is 9.53 Å². The topological polar surface area (TPSA) is 51.2 Å². The first-order chi connectivity index (χ1) is 8.87. The number of esters is 1. The number of carbonyl (C=O) groups is 1. The van der Waals surface area contributed by atoms with Crippen LogP contribution < -0.4 is 5.32 Å². The van der Waals surface area contributed by atoms with E-state index in [9.17, 15) is 4.79 Å². The van der Waals surface area contributed by atoms with E-state index in [1.165, 1.54) is 7.11 Å². The molecule has 1 aromatic rings. The fraction of sp³-hybridized carbons (Fsp3) is 0.692. The van der Waals surface area contributed by atoms with Crippen LogP contribution in [0.2, 0.25) is 0 Å². The molecule has 6 heteroatoms. The lowest BCUT2D eigenvalue weighted by Crippen LogP contribution is -2.53. The van der Waals surface area contributed by atoms with Gasteiger partial charge in [-0.3, -0.25) is 10.1 Å². The monoisotopic (exact) mass is 302 g/mol. The van der Waals surface area contributed by atoms with Gasteiger partial charge in [0.2, 0.25) is 0 Å². The zero-order valence-corrected chi connectivity index (χ0v) is 13.8. The Bertz CT molecular complexity index is 421. The summed E-state index contributed by atoms with van der Waals surface area (Å²) in [6.45, 7) is 7.93. The second-order valence-electron chi connectivity index (χ2n) is 4.98. The molecule has 1 unspecified atom stereocenters. The number of hydrogen-bond donors (Lipinski definition) is 1. The number of hydrogen-bond acceptors (Lipinski definition) is 6. The average molecular weight is 302 g/mol. The predicted octanol–water partition coefficient (Wildman–Crippen LogP) is 2.86. The summed E-state index contributed by atoms with van der Waals surface area (Å²) in [5, 5.41) is 5.33. The van der Waals surface area contributed by atoms with Crippen molar-refractivity contribution in [2.45, 2.75) is 50.0 Å². The third-order valence-corrected chi connectivity index (χ3v) is 4.81. The van der Waals surface area contributed by atoms with Crippen LogP contribution in [0, 0.1) is 6.92 Å². The van der Waals surface area contributed by atoms with Crippen LogP contribution in [-0.4, -0.2) is 35.4 Å². The molecular formula is C13H22N2O2S2. The Balaban J connectivity index is 2.55. The molecule has 0 bridgehead atoms. The van der Waals surface area contributed by atoms with Crippen LogP contribution in [0.25, 0.3) is 0 Å². The fourth-order valence-corrected chi connectivity index (χ4v) is 3.92. The highest BCUT2D eigenvalue weighted by atomic mass is 32.2. The van der Waals surface area contributed by atoms with Crippen LogP contribution in [0.1, 0.15) is 32.9 Å². The predicted molar refractivity (Wildman–Crippen MR) is 80.9 cm³/mol. The third kappa shape index (κ3) is 5.12. The van der Waals surface area contributed by atoms with Crippen molar-refractivity contribution in [2.75, 3.05) is 12.9 Å². The Kier molecular flexibility index (Phi) is 6.29. The van der Waals surface area contributed by atoms with E-state index in [2.05, 4.69) is 10.3 Å². The number of rotatable bonds is 7. The van der Waals surface area contributed by atoms with Crippen LogP contribution >= 0.6 is 23.1 Å². The highest BCUT2D eigenvalue weighted by molar-refractivity contribution is 8.01. The number of aryl methyl sites for hydroxylation is 1. The van der Waals surface area contributed by atoms with E-state index < -0.39 is 5.54 Å². The van der Waals surface area contributed by atoms with E-state index in [4.69, 9.17) is 4.74 Å². The van der Waals surface area contributed by atoms with Gasteiger partial charge in [0.05, 0.1) is 7.11 Å². The molecule has 0 spiro atoms. The maximum Gasteiger partial charge on any atom is 0.325 e. The van der Waals surface area contributed by atoms with Gasteiger partial charge in [-0.15, -0.1) is 11.3 Å². The molecule has 0 aliphatic carbocycles. The minimum absolute atomic E-state index is 0.211. The van der Waals surface area contributed by atoms with Crippen LogP contribution in [0.4, 0.5) is 0 Å². The molecule has 1 aromatic heterocycles. The molecule has 0 saturated heterocycles. The van der Waals surface area contributed by atoms with Crippen LogP contribution in [0.3, 0.4) is 0 Å². The smallest absolute Gasteiger partial charge is 0.325 e. The van der Waals surface area contributed by atoms with Gasteiger partial charge in [-0.05, 0) is 34.1 Å². The van der Waals surface area contributed by atoms with Gasteiger partial charge in [0.25, 0.3) is 0 Å². The van der Waals surface area contributed by atoms with Crippen LogP contribution in [0.15, 0.2) is 9.72 Å². The number of ether oxygens (including phenoxy) is 1. The van der Waals surface area contributed by atoms with Crippen molar-refractivity contribution in [3.05, 3.63) is 11.1 Å². The van der Waals surface area contributed by atoms with Gasteiger partial charge in [0.15, 0.2) is 0 Å². The normalized spacial score (nSPS) is 14.4. The van der Waals surface area contributed by atoms with Crippen molar-refractivity contribution in [3.8, 4) is 0 Å². The van der Waals surface area contributed by atoms with E-state index in [0.29, 0.717) is 6.42 Å². The maximum atomic E-state index is 11.9. The molecule has 1 rings (SSSR count). The molecule has 1 atom stereocenters. The largest absolute Gasteiger partial charge is 0.468 e. The molecule has 0 radical (unpaired) electrons. The van der Waals surface area contributed by atoms with E-state index in [1.807, 2.05) is 33.1 Å². The first-order valence-corrected chi connectivity index (χ1v) is 8.15. The molecule has 1 N–H and O–H groups in total. The molecule has 0 saturated carbocycles. The van der Waals surface area contributed by atoms with Crippen LogP contribution in [0.5, 0.6) is 0 Å². The molecule has 0 amide bonds. The summed E-state index contributed by atoms with van der Waals surface area (Å²) in [5.74, 6) is 0.621.